The predicted molar refractivity (Wildman–Crippen MR) is 97.4 cm³/mol. The van der Waals surface area contributed by atoms with Crippen LogP contribution in [0.15, 0.2) is 52.2 Å². The molecule has 0 aliphatic heterocycles. The smallest absolute Gasteiger partial charge is 0.243 e. The lowest BCUT2D eigenvalue weighted by atomic mass is 10.3. The fourth-order valence-corrected chi connectivity index (χ4v) is 2.08. The minimum atomic E-state index is -0.0446. The van der Waals surface area contributed by atoms with Crippen LogP contribution in [0.4, 0.5) is 0 Å². The summed E-state index contributed by atoms with van der Waals surface area (Å²) < 4.78 is 5.31. The Morgan fingerprint density at radius 2 is 1.96 bits per heavy atom. The molecule has 0 atom stereocenters. The molecule has 0 aromatic carbocycles. The third-order valence-electron chi connectivity index (χ3n) is 3.51. The van der Waals surface area contributed by atoms with Crippen LogP contribution in [-0.4, -0.2) is 55.5 Å². The minimum absolute atomic E-state index is 0.0446. The van der Waals surface area contributed by atoms with Crippen LogP contribution in [0.1, 0.15) is 11.5 Å². The zero-order valence-electron chi connectivity index (χ0n) is 14.7. The maximum Gasteiger partial charge on any atom is 0.243 e. The van der Waals surface area contributed by atoms with Gasteiger partial charge in [-0.05, 0) is 24.3 Å². The van der Waals surface area contributed by atoms with Gasteiger partial charge in [0.15, 0.2) is 5.96 Å². The first kappa shape index (κ1) is 18.5. The molecule has 0 radical (unpaired) electrons. The number of carbonyl (C=O) groups excluding carboxylic acids is 1. The summed E-state index contributed by atoms with van der Waals surface area (Å²) in [5.74, 6) is 1.47. The molecular formula is C18H25N5O2. The van der Waals surface area contributed by atoms with E-state index >= 15 is 0 Å². The Labute approximate surface area is 148 Å². The Morgan fingerprint density at radius 1 is 1.16 bits per heavy atom. The van der Waals surface area contributed by atoms with Crippen molar-refractivity contribution in [3.63, 3.8) is 0 Å². The Bertz CT molecular complexity index is 653. The number of carbonyl (C=O) groups is 1. The van der Waals surface area contributed by atoms with E-state index in [-0.39, 0.29) is 12.5 Å². The van der Waals surface area contributed by atoms with Crippen molar-refractivity contribution in [2.45, 2.75) is 12.8 Å². The number of aromatic nitrogens is 1. The van der Waals surface area contributed by atoms with E-state index in [1.54, 1.807) is 26.6 Å². The quantitative estimate of drug-likeness (QED) is 0.554. The van der Waals surface area contributed by atoms with Crippen molar-refractivity contribution in [1.82, 2.24) is 20.5 Å². The molecule has 0 aliphatic carbocycles. The van der Waals surface area contributed by atoms with Crippen molar-refractivity contribution >= 4 is 11.9 Å². The van der Waals surface area contributed by atoms with Crippen LogP contribution in [-0.2, 0) is 17.6 Å². The SMILES string of the molecule is CN(C)C(=O)CN=C(NCCc1ccccn1)NCCc1ccco1. The molecule has 0 saturated heterocycles. The number of guanidine groups is 1. The van der Waals surface area contributed by atoms with Gasteiger partial charge in [0.1, 0.15) is 12.3 Å². The van der Waals surface area contributed by atoms with Crippen LogP contribution in [0, 0.1) is 0 Å². The number of rotatable bonds is 8. The van der Waals surface area contributed by atoms with E-state index in [0.29, 0.717) is 19.0 Å². The zero-order chi connectivity index (χ0) is 17.9. The lowest BCUT2D eigenvalue weighted by molar-refractivity contribution is -0.127. The van der Waals surface area contributed by atoms with Gasteiger partial charge in [-0.3, -0.25) is 9.78 Å². The highest BCUT2D eigenvalue weighted by molar-refractivity contribution is 5.84. The third-order valence-corrected chi connectivity index (χ3v) is 3.51. The number of hydrogen-bond donors (Lipinski definition) is 2. The normalized spacial score (nSPS) is 11.2. The van der Waals surface area contributed by atoms with Gasteiger partial charge in [-0.1, -0.05) is 6.07 Å². The summed E-state index contributed by atoms with van der Waals surface area (Å²) in [4.78, 5) is 21.9. The summed E-state index contributed by atoms with van der Waals surface area (Å²) in [6, 6.07) is 9.65. The predicted octanol–water partition coefficient (Wildman–Crippen LogP) is 1.08. The number of likely N-dealkylation sites (N-methyl/N-ethyl adjacent to an activating group) is 1. The summed E-state index contributed by atoms with van der Waals surface area (Å²) in [5.41, 5.74) is 1.01. The zero-order valence-corrected chi connectivity index (χ0v) is 14.7. The molecule has 0 unspecified atom stereocenters. The molecule has 7 heteroatoms. The highest BCUT2D eigenvalue weighted by Gasteiger charge is 2.05. The second-order valence-electron chi connectivity index (χ2n) is 5.71. The highest BCUT2D eigenvalue weighted by Crippen LogP contribution is 1.99. The van der Waals surface area contributed by atoms with Crippen LogP contribution < -0.4 is 10.6 Å². The summed E-state index contributed by atoms with van der Waals surface area (Å²) in [5, 5.41) is 6.47. The number of pyridine rings is 1. The van der Waals surface area contributed by atoms with Gasteiger partial charge >= 0.3 is 0 Å². The van der Waals surface area contributed by atoms with Crippen molar-refractivity contribution in [2.75, 3.05) is 33.7 Å². The molecule has 134 valence electrons. The molecule has 2 N–H and O–H groups in total. The molecule has 0 aliphatic rings. The highest BCUT2D eigenvalue weighted by atomic mass is 16.3. The molecular weight excluding hydrogens is 318 g/mol. The van der Waals surface area contributed by atoms with Crippen LogP contribution in [0.5, 0.6) is 0 Å². The Balaban J connectivity index is 1.83. The minimum Gasteiger partial charge on any atom is -0.469 e. The van der Waals surface area contributed by atoms with Gasteiger partial charge in [-0.15, -0.1) is 0 Å². The molecule has 7 nitrogen and oxygen atoms in total. The number of aliphatic imine (C=N–C) groups is 1. The lowest BCUT2D eigenvalue weighted by Gasteiger charge is -2.13. The number of amides is 1. The second kappa shape index (κ2) is 10.1. The van der Waals surface area contributed by atoms with E-state index in [1.165, 1.54) is 4.90 Å². The van der Waals surface area contributed by atoms with E-state index in [2.05, 4.69) is 20.6 Å². The molecule has 1 amide bonds. The van der Waals surface area contributed by atoms with Crippen molar-refractivity contribution in [2.24, 2.45) is 4.99 Å². The number of nitrogens with one attached hydrogen (secondary N) is 2. The van der Waals surface area contributed by atoms with Crippen molar-refractivity contribution in [3.8, 4) is 0 Å². The van der Waals surface area contributed by atoms with Gasteiger partial charge in [0.05, 0.1) is 6.26 Å². The molecule has 0 spiro atoms. The summed E-state index contributed by atoms with van der Waals surface area (Å²) in [7, 11) is 3.44. The average Bonchev–Trinajstić information content (AvgIpc) is 3.13. The fourth-order valence-electron chi connectivity index (χ4n) is 2.08. The van der Waals surface area contributed by atoms with Crippen molar-refractivity contribution < 1.29 is 9.21 Å². The standard InChI is InChI=1S/C18H25N5O2/c1-23(2)17(24)14-22-18(21-12-9-16-7-5-13-25-16)20-11-8-15-6-3-4-10-19-15/h3-7,10,13H,8-9,11-12,14H2,1-2H3,(H2,20,21,22). The monoisotopic (exact) mass is 343 g/mol. The molecule has 2 aromatic rings. The van der Waals surface area contributed by atoms with Crippen LogP contribution >= 0.6 is 0 Å². The van der Waals surface area contributed by atoms with Crippen LogP contribution in [0.25, 0.3) is 0 Å². The van der Waals surface area contributed by atoms with Crippen molar-refractivity contribution in [1.29, 1.82) is 0 Å². The van der Waals surface area contributed by atoms with Crippen LogP contribution in [0.3, 0.4) is 0 Å². The fraction of sp³-hybridized carbons (Fsp3) is 0.389. The number of furan rings is 1. The Morgan fingerprint density at radius 3 is 2.60 bits per heavy atom. The van der Waals surface area contributed by atoms with Gasteiger partial charge in [0, 0.05) is 51.9 Å². The first-order valence-electron chi connectivity index (χ1n) is 8.30. The molecule has 2 rings (SSSR count). The third kappa shape index (κ3) is 7.07. The van der Waals surface area contributed by atoms with Gasteiger partial charge < -0.3 is 20.0 Å². The number of nitrogens with zero attached hydrogens (tertiary/aromatic N) is 3. The molecule has 0 fully saturated rings. The average molecular weight is 343 g/mol. The summed E-state index contributed by atoms with van der Waals surface area (Å²) in [6.07, 6.45) is 4.96. The largest absolute Gasteiger partial charge is 0.469 e. The van der Waals surface area contributed by atoms with E-state index in [1.807, 2.05) is 30.3 Å². The van der Waals surface area contributed by atoms with Crippen LogP contribution in [0.2, 0.25) is 0 Å². The van der Waals surface area contributed by atoms with Gasteiger partial charge in [-0.25, -0.2) is 4.99 Å². The van der Waals surface area contributed by atoms with Gasteiger partial charge in [-0.2, -0.15) is 0 Å². The molecule has 2 heterocycles. The molecule has 2 aromatic heterocycles. The molecule has 25 heavy (non-hydrogen) atoms. The molecule has 0 bridgehead atoms. The number of hydrogen-bond acceptors (Lipinski definition) is 4. The Kier molecular flexibility index (Phi) is 7.49. The van der Waals surface area contributed by atoms with Gasteiger partial charge in [0.2, 0.25) is 5.91 Å². The second-order valence-corrected chi connectivity index (χ2v) is 5.71. The first-order chi connectivity index (χ1) is 12.1. The maximum atomic E-state index is 11.7. The van der Waals surface area contributed by atoms with E-state index < -0.39 is 0 Å². The van der Waals surface area contributed by atoms with E-state index in [4.69, 9.17) is 4.42 Å². The van der Waals surface area contributed by atoms with Gasteiger partial charge in [0.25, 0.3) is 0 Å². The van der Waals surface area contributed by atoms with Crippen molar-refractivity contribution in [3.05, 3.63) is 54.2 Å². The lowest BCUT2D eigenvalue weighted by Crippen LogP contribution is -2.40. The molecule has 0 saturated carbocycles. The summed E-state index contributed by atoms with van der Waals surface area (Å²) >= 11 is 0. The van der Waals surface area contributed by atoms with E-state index in [0.717, 1.165) is 24.3 Å². The topological polar surface area (TPSA) is 82.8 Å². The maximum absolute atomic E-state index is 11.7. The summed E-state index contributed by atoms with van der Waals surface area (Å²) in [6.45, 7) is 1.45. The van der Waals surface area contributed by atoms with E-state index in [9.17, 15) is 4.79 Å². The first-order valence-corrected chi connectivity index (χ1v) is 8.30. The Hall–Kier alpha value is -2.83.